The molecule has 0 aliphatic carbocycles. The maximum absolute atomic E-state index is 11.6. The Morgan fingerprint density at radius 3 is 2.47 bits per heavy atom. The molecular weight excluding hydrogens is 218 g/mol. The Hall–Kier alpha value is -2.04. The second kappa shape index (κ2) is 6.52. The van der Waals surface area contributed by atoms with Crippen molar-refractivity contribution in [2.75, 3.05) is 11.9 Å². The Bertz CT molecular complexity index is 379. The van der Waals surface area contributed by atoms with E-state index in [2.05, 4.69) is 16.0 Å². The van der Waals surface area contributed by atoms with Gasteiger partial charge in [-0.05, 0) is 26.0 Å². The van der Waals surface area contributed by atoms with Crippen molar-refractivity contribution in [1.29, 1.82) is 0 Å². The number of hydrogen-bond acceptors (Lipinski definition) is 3. The van der Waals surface area contributed by atoms with Crippen LogP contribution in [0.3, 0.4) is 0 Å². The van der Waals surface area contributed by atoms with Gasteiger partial charge >= 0.3 is 6.03 Å². The molecule has 3 amide bonds. The molecule has 1 rings (SSSR count). The summed E-state index contributed by atoms with van der Waals surface area (Å²) in [7, 11) is 0. The van der Waals surface area contributed by atoms with E-state index in [9.17, 15) is 9.59 Å². The van der Waals surface area contributed by atoms with Crippen molar-refractivity contribution in [1.82, 2.24) is 10.6 Å². The monoisotopic (exact) mass is 235 g/mol. The minimum atomic E-state index is -0.473. The van der Waals surface area contributed by atoms with Crippen LogP contribution in [0.4, 0.5) is 10.5 Å². The van der Waals surface area contributed by atoms with E-state index in [0.717, 1.165) is 5.69 Å². The Morgan fingerprint density at radius 2 is 1.88 bits per heavy atom. The first-order chi connectivity index (χ1) is 8.13. The minimum absolute atomic E-state index is 0.361. The summed E-state index contributed by atoms with van der Waals surface area (Å²) >= 11 is 0. The quantitative estimate of drug-likeness (QED) is 0.737. The highest BCUT2D eigenvalue weighted by Crippen LogP contribution is 2.06. The Morgan fingerprint density at radius 1 is 1.24 bits per heavy atom. The van der Waals surface area contributed by atoms with Gasteiger partial charge in [0.15, 0.2) is 0 Å². The molecule has 0 bridgehead atoms. The molecule has 0 saturated carbocycles. The lowest BCUT2D eigenvalue weighted by Crippen LogP contribution is -2.45. The zero-order chi connectivity index (χ0) is 12.7. The number of nitrogens with one attached hydrogen (secondary N) is 3. The Labute approximate surface area is 101 Å². The molecule has 0 heterocycles. The van der Waals surface area contributed by atoms with Gasteiger partial charge in [-0.2, -0.15) is 0 Å². The summed E-state index contributed by atoms with van der Waals surface area (Å²) in [6.45, 7) is 3.97. The molecule has 3 N–H and O–H groups in total. The van der Waals surface area contributed by atoms with Crippen molar-refractivity contribution in [2.24, 2.45) is 0 Å². The van der Waals surface area contributed by atoms with Crippen LogP contribution in [0.1, 0.15) is 13.8 Å². The molecule has 1 aromatic rings. The second-order valence-corrected chi connectivity index (χ2v) is 3.58. The topological polar surface area (TPSA) is 70.2 Å². The summed E-state index contributed by atoms with van der Waals surface area (Å²) in [5.74, 6) is -0.361. The SMILES string of the molecule is CCNC(=O)NC(=O)C(C)Nc1ccccc1. The van der Waals surface area contributed by atoms with Gasteiger partial charge in [0.05, 0.1) is 0 Å². The smallest absolute Gasteiger partial charge is 0.321 e. The number of benzene rings is 1. The fourth-order valence-corrected chi connectivity index (χ4v) is 1.27. The molecule has 17 heavy (non-hydrogen) atoms. The number of carbonyl (C=O) groups is 2. The highest BCUT2D eigenvalue weighted by molar-refractivity contribution is 5.97. The number of anilines is 1. The van der Waals surface area contributed by atoms with Gasteiger partial charge in [0.1, 0.15) is 6.04 Å². The van der Waals surface area contributed by atoms with Crippen molar-refractivity contribution in [3.63, 3.8) is 0 Å². The highest BCUT2D eigenvalue weighted by Gasteiger charge is 2.14. The molecular formula is C12H17N3O2. The number of imide groups is 1. The summed E-state index contributed by atoms with van der Waals surface area (Å²) in [6.07, 6.45) is 0. The summed E-state index contributed by atoms with van der Waals surface area (Å²) in [5.41, 5.74) is 0.839. The molecule has 1 atom stereocenters. The average molecular weight is 235 g/mol. The van der Waals surface area contributed by atoms with Crippen LogP contribution < -0.4 is 16.0 Å². The predicted molar refractivity (Wildman–Crippen MR) is 66.7 cm³/mol. The van der Waals surface area contributed by atoms with E-state index >= 15 is 0 Å². The van der Waals surface area contributed by atoms with Gasteiger partial charge < -0.3 is 10.6 Å². The molecule has 1 aromatic carbocycles. The van der Waals surface area contributed by atoms with Crippen LogP contribution in [0.25, 0.3) is 0 Å². The van der Waals surface area contributed by atoms with Crippen LogP contribution in [0.2, 0.25) is 0 Å². The Kier molecular flexibility index (Phi) is 5.00. The van der Waals surface area contributed by atoms with Crippen molar-refractivity contribution in [3.05, 3.63) is 30.3 Å². The van der Waals surface area contributed by atoms with Crippen LogP contribution >= 0.6 is 0 Å². The third-order valence-electron chi connectivity index (χ3n) is 2.12. The molecule has 0 aromatic heterocycles. The van der Waals surface area contributed by atoms with Crippen molar-refractivity contribution >= 4 is 17.6 Å². The minimum Gasteiger partial charge on any atom is -0.374 e. The van der Waals surface area contributed by atoms with Crippen LogP contribution in [-0.2, 0) is 4.79 Å². The number of carbonyl (C=O) groups excluding carboxylic acids is 2. The molecule has 0 radical (unpaired) electrons. The van der Waals surface area contributed by atoms with E-state index in [0.29, 0.717) is 6.54 Å². The predicted octanol–water partition coefficient (Wildman–Crippen LogP) is 1.33. The summed E-state index contributed by atoms with van der Waals surface area (Å²) in [4.78, 5) is 22.7. The largest absolute Gasteiger partial charge is 0.374 e. The standard InChI is InChI=1S/C12H17N3O2/c1-3-13-12(17)15-11(16)9(2)14-10-7-5-4-6-8-10/h4-9,14H,3H2,1-2H3,(H2,13,15,16,17). The maximum Gasteiger partial charge on any atom is 0.321 e. The zero-order valence-corrected chi connectivity index (χ0v) is 9.99. The molecule has 0 aliphatic rings. The molecule has 0 aliphatic heterocycles. The van der Waals surface area contributed by atoms with Gasteiger partial charge in [-0.1, -0.05) is 18.2 Å². The van der Waals surface area contributed by atoms with E-state index in [-0.39, 0.29) is 5.91 Å². The van der Waals surface area contributed by atoms with Crippen LogP contribution in [-0.4, -0.2) is 24.5 Å². The lowest BCUT2D eigenvalue weighted by molar-refractivity contribution is -0.120. The van der Waals surface area contributed by atoms with E-state index < -0.39 is 12.1 Å². The van der Waals surface area contributed by atoms with E-state index in [1.54, 1.807) is 13.8 Å². The first-order valence-corrected chi connectivity index (χ1v) is 5.53. The van der Waals surface area contributed by atoms with Gasteiger partial charge in [-0.25, -0.2) is 4.79 Å². The third-order valence-corrected chi connectivity index (χ3v) is 2.12. The average Bonchev–Trinajstić information content (AvgIpc) is 2.30. The number of urea groups is 1. The first-order valence-electron chi connectivity index (χ1n) is 5.53. The molecule has 5 heteroatoms. The van der Waals surface area contributed by atoms with E-state index in [1.807, 2.05) is 30.3 Å². The van der Waals surface area contributed by atoms with Gasteiger partial charge in [0.2, 0.25) is 5.91 Å². The fourth-order valence-electron chi connectivity index (χ4n) is 1.27. The lowest BCUT2D eigenvalue weighted by atomic mass is 10.2. The van der Waals surface area contributed by atoms with E-state index in [4.69, 9.17) is 0 Å². The van der Waals surface area contributed by atoms with Crippen molar-refractivity contribution < 1.29 is 9.59 Å². The maximum atomic E-state index is 11.6. The molecule has 92 valence electrons. The number of rotatable bonds is 4. The van der Waals surface area contributed by atoms with Gasteiger partial charge in [0, 0.05) is 12.2 Å². The van der Waals surface area contributed by atoms with E-state index in [1.165, 1.54) is 0 Å². The molecule has 1 unspecified atom stereocenters. The van der Waals surface area contributed by atoms with Gasteiger partial charge in [0.25, 0.3) is 0 Å². The highest BCUT2D eigenvalue weighted by atomic mass is 16.2. The molecule has 5 nitrogen and oxygen atoms in total. The van der Waals surface area contributed by atoms with Crippen LogP contribution in [0.5, 0.6) is 0 Å². The van der Waals surface area contributed by atoms with Crippen molar-refractivity contribution in [3.8, 4) is 0 Å². The fraction of sp³-hybridized carbons (Fsp3) is 0.333. The molecule has 0 spiro atoms. The first kappa shape index (κ1) is 13.0. The Balaban J connectivity index is 2.45. The normalized spacial score (nSPS) is 11.4. The third kappa shape index (κ3) is 4.55. The summed E-state index contributed by atoms with van der Waals surface area (Å²) < 4.78 is 0. The number of amides is 3. The summed E-state index contributed by atoms with van der Waals surface area (Å²) in [6, 6.07) is 8.41. The van der Waals surface area contributed by atoms with Gasteiger partial charge in [-0.3, -0.25) is 10.1 Å². The van der Waals surface area contributed by atoms with Crippen LogP contribution in [0, 0.1) is 0 Å². The van der Waals surface area contributed by atoms with Crippen molar-refractivity contribution in [2.45, 2.75) is 19.9 Å². The zero-order valence-electron chi connectivity index (χ0n) is 9.99. The molecule has 0 saturated heterocycles. The number of para-hydroxylation sites is 1. The van der Waals surface area contributed by atoms with Gasteiger partial charge in [-0.15, -0.1) is 0 Å². The lowest BCUT2D eigenvalue weighted by Gasteiger charge is -2.14. The second-order valence-electron chi connectivity index (χ2n) is 3.58. The molecule has 0 fully saturated rings. The van der Waals surface area contributed by atoms with Crippen LogP contribution in [0.15, 0.2) is 30.3 Å². The number of hydrogen-bond donors (Lipinski definition) is 3. The summed E-state index contributed by atoms with van der Waals surface area (Å²) in [5, 5.41) is 7.74.